The van der Waals surface area contributed by atoms with Crippen LogP contribution in [0.15, 0.2) is 61.3 Å². The van der Waals surface area contributed by atoms with Gasteiger partial charge in [-0.05, 0) is 43.3 Å². The lowest BCUT2D eigenvalue weighted by molar-refractivity contribution is -0.111. The van der Waals surface area contributed by atoms with Crippen LogP contribution in [0.3, 0.4) is 0 Å². The second-order valence-electron chi connectivity index (χ2n) is 6.32. The van der Waals surface area contributed by atoms with Crippen molar-refractivity contribution in [1.29, 1.82) is 0 Å². The van der Waals surface area contributed by atoms with Crippen molar-refractivity contribution < 1.29 is 14.3 Å². The molecule has 0 aliphatic carbocycles. The molecule has 1 aromatic heterocycles. The van der Waals surface area contributed by atoms with Crippen molar-refractivity contribution in [3.8, 4) is 11.5 Å². The summed E-state index contributed by atoms with van der Waals surface area (Å²) in [6, 6.07) is 12.7. The number of anilines is 5. The Labute approximate surface area is 175 Å². The third-order valence-corrected chi connectivity index (χ3v) is 4.21. The van der Waals surface area contributed by atoms with E-state index >= 15 is 0 Å². The summed E-state index contributed by atoms with van der Waals surface area (Å²) < 4.78 is 10.6. The average molecular weight is 405 g/mol. The molecule has 0 fully saturated rings. The number of ether oxygens (including phenoxy) is 2. The summed E-state index contributed by atoms with van der Waals surface area (Å²) in [6.07, 6.45) is 2.94. The molecule has 8 nitrogen and oxygen atoms in total. The summed E-state index contributed by atoms with van der Waals surface area (Å²) in [6.45, 7) is 5.36. The van der Waals surface area contributed by atoms with Crippen LogP contribution in [0.1, 0.15) is 5.56 Å². The summed E-state index contributed by atoms with van der Waals surface area (Å²) in [7, 11) is 3.18. The van der Waals surface area contributed by atoms with Gasteiger partial charge in [0.1, 0.15) is 17.3 Å². The fourth-order valence-electron chi connectivity index (χ4n) is 2.66. The number of methoxy groups -OCH3 is 2. The second kappa shape index (κ2) is 9.42. The van der Waals surface area contributed by atoms with Crippen LogP contribution < -0.4 is 25.4 Å². The van der Waals surface area contributed by atoms with Gasteiger partial charge in [0.25, 0.3) is 0 Å². The van der Waals surface area contributed by atoms with E-state index in [1.165, 1.54) is 6.08 Å². The van der Waals surface area contributed by atoms with Crippen molar-refractivity contribution in [2.45, 2.75) is 6.92 Å². The van der Waals surface area contributed by atoms with Gasteiger partial charge in [0.05, 0.1) is 19.9 Å². The highest BCUT2D eigenvalue weighted by Gasteiger charge is 2.10. The van der Waals surface area contributed by atoms with E-state index in [4.69, 9.17) is 9.47 Å². The van der Waals surface area contributed by atoms with Crippen LogP contribution in [0, 0.1) is 6.92 Å². The third kappa shape index (κ3) is 5.05. The molecule has 0 saturated heterocycles. The Kier molecular flexibility index (Phi) is 6.49. The summed E-state index contributed by atoms with van der Waals surface area (Å²) in [4.78, 5) is 20.4. The van der Waals surface area contributed by atoms with Gasteiger partial charge >= 0.3 is 0 Å². The number of rotatable bonds is 8. The highest BCUT2D eigenvalue weighted by Crippen LogP contribution is 2.31. The van der Waals surface area contributed by atoms with Gasteiger partial charge in [-0.2, -0.15) is 4.98 Å². The number of nitrogens with one attached hydrogen (secondary N) is 3. The third-order valence-electron chi connectivity index (χ3n) is 4.21. The zero-order valence-corrected chi connectivity index (χ0v) is 17.0. The molecule has 1 amide bonds. The smallest absolute Gasteiger partial charge is 0.247 e. The molecule has 0 aliphatic rings. The van der Waals surface area contributed by atoms with Crippen molar-refractivity contribution in [2.24, 2.45) is 0 Å². The lowest BCUT2D eigenvalue weighted by Crippen LogP contribution is -2.07. The fraction of sp³-hybridized carbons (Fsp3) is 0.136. The molecule has 0 unspecified atom stereocenters. The molecule has 8 heteroatoms. The molecular formula is C22H23N5O3. The van der Waals surface area contributed by atoms with E-state index < -0.39 is 0 Å². The van der Waals surface area contributed by atoms with Gasteiger partial charge in [-0.3, -0.25) is 4.79 Å². The molecule has 3 N–H and O–H groups in total. The van der Waals surface area contributed by atoms with E-state index in [9.17, 15) is 4.79 Å². The summed E-state index contributed by atoms with van der Waals surface area (Å²) >= 11 is 0. The van der Waals surface area contributed by atoms with Gasteiger partial charge in [-0.15, -0.1) is 0 Å². The minimum Gasteiger partial charge on any atom is -0.497 e. The predicted octanol–water partition coefficient (Wildman–Crippen LogP) is 4.41. The highest BCUT2D eigenvalue weighted by molar-refractivity contribution is 5.99. The SMILES string of the molecule is C=CC(=O)Nc1cccc(Nc2nc(Nc3ccc(OC)cc3OC)ncc2C)c1. The Bertz CT molecular complexity index is 1070. The van der Waals surface area contributed by atoms with Crippen molar-refractivity contribution in [1.82, 2.24) is 9.97 Å². The summed E-state index contributed by atoms with van der Waals surface area (Å²) in [5.74, 6) is 2.06. The number of carbonyl (C=O) groups is 1. The first-order chi connectivity index (χ1) is 14.5. The number of benzene rings is 2. The molecule has 30 heavy (non-hydrogen) atoms. The predicted molar refractivity (Wildman–Crippen MR) is 118 cm³/mol. The normalized spacial score (nSPS) is 10.1. The standard InChI is InChI=1S/C22H23N5O3/c1-5-20(28)24-15-7-6-8-16(11-15)25-21-14(2)13-23-22(27-21)26-18-10-9-17(29-3)12-19(18)30-4/h5-13H,1H2,2-4H3,(H,24,28)(H2,23,25,26,27). The lowest BCUT2D eigenvalue weighted by Gasteiger charge is -2.14. The van der Waals surface area contributed by atoms with Crippen molar-refractivity contribution >= 4 is 34.7 Å². The van der Waals surface area contributed by atoms with E-state index in [2.05, 4.69) is 32.5 Å². The van der Waals surface area contributed by atoms with Crippen molar-refractivity contribution in [3.63, 3.8) is 0 Å². The van der Waals surface area contributed by atoms with Crippen LogP contribution in [0.4, 0.5) is 28.8 Å². The van der Waals surface area contributed by atoms with Crippen LogP contribution in [-0.4, -0.2) is 30.1 Å². The zero-order valence-electron chi connectivity index (χ0n) is 17.0. The second-order valence-corrected chi connectivity index (χ2v) is 6.32. The van der Waals surface area contributed by atoms with Gasteiger partial charge in [0.15, 0.2) is 0 Å². The lowest BCUT2D eigenvalue weighted by atomic mass is 10.2. The van der Waals surface area contributed by atoms with E-state index in [1.807, 2.05) is 37.3 Å². The molecule has 0 bridgehead atoms. The maximum Gasteiger partial charge on any atom is 0.247 e. The molecule has 0 spiro atoms. The molecule has 2 aromatic carbocycles. The quantitative estimate of drug-likeness (QED) is 0.478. The van der Waals surface area contributed by atoms with Crippen LogP contribution in [-0.2, 0) is 4.79 Å². The molecule has 0 saturated carbocycles. The van der Waals surface area contributed by atoms with Crippen LogP contribution in [0.5, 0.6) is 11.5 Å². The van der Waals surface area contributed by atoms with Gasteiger partial charge in [0.2, 0.25) is 11.9 Å². The van der Waals surface area contributed by atoms with Gasteiger partial charge in [-0.1, -0.05) is 12.6 Å². The van der Waals surface area contributed by atoms with Gasteiger partial charge < -0.3 is 25.4 Å². The van der Waals surface area contributed by atoms with Crippen LogP contribution in [0.25, 0.3) is 0 Å². The zero-order chi connectivity index (χ0) is 21.5. The number of amides is 1. The number of nitrogens with zero attached hydrogens (tertiary/aromatic N) is 2. The molecule has 3 rings (SSSR count). The number of carbonyl (C=O) groups excluding carboxylic acids is 1. The monoisotopic (exact) mass is 405 g/mol. The topological polar surface area (TPSA) is 97.4 Å². The minimum atomic E-state index is -0.273. The Morgan fingerprint density at radius 1 is 1.07 bits per heavy atom. The van der Waals surface area contributed by atoms with Crippen molar-refractivity contribution in [2.75, 3.05) is 30.2 Å². The molecular weight excluding hydrogens is 382 g/mol. The molecule has 0 atom stereocenters. The first kappa shape index (κ1) is 20.7. The van der Waals surface area contributed by atoms with E-state index in [1.54, 1.807) is 32.5 Å². The van der Waals surface area contributed by atoms with Crippen LogP contribution in [0.2, 0.25) is 0 Å². The maximum atomic E-state index is 11.5. The van der Waals surface area contributed by atoms with Crippen molar-refractivity contribution in [3.05, 3.63) is 66.9 Å². The van der Waals surface area contributed by atoms with E-state index in [0.29, 0.717) is 34.6 Å². The molecule has 154 valence electrons. The summed E-state index contributed by atoms with van der Waals surface area (Å²) in [5, 5.41) is 9.15. The largest absolute Gasteiger partial charge is 0.497 e. The van der Waals surface area contributed by atoms with Crippen LogP contribution >= 0.6 is 0 Å². The van der Waals surface area contributed by atoms with E-state index in [-0.39, 0.29) is 5.91 Å². The first-order valence-corrected chi connectivity index (χ1v) is 9.15. The van der Waals surface area contributed by atoms with Gasteiger partial charge in [0, 0.05) is 29.2 Å². The fourth-order valence-corrected chi connectivity index (χ4v) is 2.66. The highest BCUT2D eigenvalue weighted by atomic mass is 16.5. The van der Waals surface area contributed by atoms with E-state index in [0.717, 1.165) is 11.3 Å². The summed E-state index contributed by atoms with van der Waals surface area (Å²) in [5.41, 5.74) is 2.99. The number of aryl methyl sites for hydroxylation is 1. The van der Waals surface area contributed by atoms with Gasteiger partial charge in [-0.25, -0.2) is 4.98 Å². The maximum absolute atomic E-state index is 11.5. The molecule has 0 radical (unpaired) electrons. The minimum absolute atomic E-state index is 0.273. The number of hydrogen-bond donors (Lipinski definition) is 3. The molecule has 1 heterocycles. The Balaban J connectivity index is 1.82. The molecule has 0 aliphatic heterocycles. The Morgan fingerprint density at radius 2 is 1.87 bits per heavy atom. The molecule has 3 aromatic rings. The average Bonchev–Trinajstić information content (AvgIpc) is 2.76. The first-order valence-electron chi connectivity index (χ1n) is 9.15. The number of aromatic nitrogens is 2. The Morgan fingerprint density at radius 3 is 2.60 bits per heavy atom. The number of hydrogen-bond acceptors (Lipinski definition) is 7. The Hall–Kier alpha value is -4.07.